The number of benzene rings is 1. The minimum absolute atomic E-state index is 0.152. The number of carbonyl (C=O) groups excluding carboxylic acids is 1. The van der Waals surface area contributed by atoms with Crippen molar-refractivity contribution >= 4 is 34.2 Å². The van der Waals surface area contributed by atoms with Gasteiger partial charge in [0, 0.05) is 20.6 Å². The lowest BCUT2D eigenvalue weighted by Crippen LogP contribution is -2.19. The van der Waals surface area contributed by atoms with Crippen LogP contribution in [-0.2, 0) is 0 Å². The molecule has 108 valence electrons. The number of aromatic nitrogens is 1. The lowest BCUT2D eigenvalue weighted by Gasteiger charge is -2.09. The van der Waals surface area contributed by atoms with Gasteiger partial charge in [-0.2, -0.15) is 0 Å². The summed E-state index contributed by atoms with van der Waals surface area (Å²) in [6, 6.07) is 4.60. The lowest BCUT2D eigenvalue weighted by atomic mass is 10.2. The Morgan fingerprint density at radius 1 is 1.29 bits per heavy atom. The number of phenols is 1. The van der Waals surface area contributed by atoms with Crippen molar-refractivity contribution in [1.29, 1.82) is 0 Å². The van der Waals surface area contributed by atoms with Crippen molar-refractivity contribution in [2.75, 3.05) is 0 Å². The maximum absolute atomic E-state index is 11.9. The average Bonchev–Trinajstić information content (AvgIpc) is 2.74. The summed E-state index contributed by atoms with van der Waals surface area (Å²) in [5.74, 6) is -2.45. The number of carbonyl (C=O) groups is 1. The lowest BCUT2D eigenvalue weighted by molar-refractivity contribution is 0.0378. The zero-order chi connectivity index (χ0) is 15.6. The van der Waals surface area contributed by atoms with E-state index in [4.69, 9.17) is 10.4 Å². The van der Waals surface area contributed by atoms with Crippen molar-refractivity contribution in [3.8, 4) is 17.5 Å². The second-order valence-corrected chi connectivity index (χ2v) is 4.90. The fourth-order valence-corrected chi connectivity index (χ4v) is 2.04. The predicted molar refractivity (Wildman–Crippen MR) is 78.3 cm³/mol. The van der Waals surface area contributed by atoms with Gasteiger partial charge in [-0.3, -0.25) is 0 Å². The quantitative estimate of drug-likeness (QED) is 0.313. The van der Waals surface area contributed by atoms with Crippen LogP contribution in [0.1, 0.15) is 10.4 Å². The number of hydrogen-bond donors (Lipinski definition) is 3. The van der Waals surface area contributed by atoms with Crippen LogP contribution < -0.4 is 4.84 Å². The molecule has 9 nitrogen and oxygen atoms in total. The van der Waals surface area contributed by atoms with Crippen LogP contribution in [0.5, 0.6) is 17.5 Å². The molecule has 0 aliphatic rings. The van der Waals surface area contributed by atoms with E-state index < -0.39 is 23.5 Å². The Labute approximate surface area is 130 Å². The van der Waals surface area contributed by atoms with Gasteiger partial charge in [0.05, 0.1) is 5.69 Å². The molecule has 0 spiro atoms. The van der Waals surface area contributed by atoms with Crippen molar-refractivity contribution in [3.05, 3.63) is 43.8 Å². The number of aromatic hydroxyl groups is 3. The van der Waals surface area contributed by atoms with Crippen LogP contribution in [-0.4, -0.2) is 26.0 Å². The first-order chi connectivity index (χ1) is 9.93. The normalized spacial score (nSPS) is 9.95. The summed E-state index contributed by atoms with van der Waals surface area (Å²) in [5, 5.41) is 31.8. The van der Waals surface area contributed by atoms with Crippen LogP contribution in [0, 0.1) is 3.57 Å². The molecule has 1 aromatic carbocycles. The summed E-state index contributed by atoms with van der Waals surface area (Å²) in [6.07, 6.45) is 0. The Morgan fingerprint density at radius 2 is 1.90 bits per heavy atom. The fraction of sp³-hybridized carbons (Fsp3) is 0. The van der Waals surface area contributed by atoms with E-state index in [0.717, 1.165) is 18.2 Å². The highest BCUT2D eigenvalue weighted by Crippen LogP contribution is 2.30. The Balaban J connectivity index is 2.36. The first kappa shape index (κ1) is 14.8. The molecule has 1 heterocycles. The van der Waals surface area contributed by atoms with Crippen molar-refractivity contribution in [1.82, 2.24) is 4.73 Å². The Bertz CT molecular complexity index is 747. The molecule has 0 bridgehead atoms. The van der Waals surface area contributed by atoms with Gasteiger partial charge in [-0.05, 0) is 40.3 Å². The minimum Gasteiger partial charge on any atom is -0.507 e. The summed E-state index contributed by atoms with van der Waals surface area (Å²) >= 11 is 1.81. The summed E-state index contributed by atoms with van der Waals surface area (Å²) in [7, 11) is 0. The summed E-state index contributed by atoms with van der Waals surface area (Å²) in [5.41, 5.74) is 8.30. The molecule has 0 fully saturated rings. The van der Waals surface area contributed by atoms with Gasteiger partial charge in [0.2, 0.25) is 11.8 Å². The Hall–Kier alpha value is -2.59. The standard InChI is InChI=1S/C11H7IN4O5/c12-6-3-5(8(17)4-7(6)14-15-13)11(20)21-16-9(18)1-2-10(16)19/h1-4,17-19H. The van der Waals surface area contributed by atoms with E-state index >= 15 is 0 Å². The molecular weight excluding hydrogens is 395 g/mol. The Kier molecular flexibility index (Phi) is 4.10. The number of hydrogen-bond acceptors (Lipinski definition) is 6. The zero-order valence-electron chi connectivity index (χ0n) is 10.1. The first-order valence-corrected chi connectivity index (χ1v) is 6.42. The van der Waals surface area contributed by atoms with Crippen molar-refractivity contribution in [2.24, 2.45) is 5.11 Å². The van der Waals surface area contributed by atoms with Crippen LogP contribution in [0.25, 0.3) is 10.4 Å². The van der Waals surface area contributed by atoms with Crippen LogP contribution in [0.2, 0.25) is 0 Å². The highest BCUT2D eigenvalue weighted by Gasteiger charge is 2.19. The summed E-state index contributed by atoms with van der Waals surface area (Å²) in [6.45, 7) is 0. The second-order valence-electron chi connectivity index (χ2n) is 3.73. The molecule has 0 aliphatic carbocycles. The predicted octanol–water partition coefficient (Wildman–Crippen LogP) is 2.42. The van der Waals surface area contributed by atoms with E-state index in [9.17, 15) is 20.1 Å². The van der Waals surface area contributed by atoms with Crippen molar-refractivity contribution in [3.63, 3.8) is 0 Å². The number of phenolic OH excluding ortho intramolecular Hbond substituents is 1. The molecule has 0 saturated heterocycles. The third-order valence-corrected chi connectivity index (χ3v) is 3.27. The highest BCUT2D eigenvalue weighted by atomic mass is 127. The van der Waals surface area contributed by atoms with Crippen LogP contribution >= 0.6 is 22.6 Å². The number of rotatable bonds is 3. The molecule has 2 rings (SSSR count). The molecule has 0 saturated carbocycles. The van der Waals surface area contributed by atoms with E-state index in [1.165, 1.54) is 6.07 Å². The topological polar surface area (TPSA) is 141 Å². The largest absolute Gasteiger partial charge is 0.507 e. The molecule has 2 aromatic rings. The Morgan fingerprint density at radius 3 is 2.48 bits per heavy atom. The smallest absolute Gasteiger partial charge is 0.367 e. The molecule has 1 aromatic heterocycles. The van der Waals surface area contributed by atoms with E-state index in [1.54, 1.807) is 0 Å². The molecule has 0 aliphatic heterocycles. The molecular formula is C11H7IN4O5. The third-order valence-electron chi connectivity index (χ3n) is 2.41. The fourth-order valence-electron chi connectivity index (χ4n) is 1.47. The zero-order valence-corrected chi connectivity index (χ0v) is 12.3. The molecule has 0 atom stereocenters. The van der Waals surface area contributed by atoms with Gasteiger partial charge >= 0.3 is 5.97 Å². The molecule has 0 unspecified atom stereocenters. The first-order valence-electron chi connectivity index (χ1n) is 5.34. The minimum atomic E-state index is -1.01. The van der Waals surface area contributed by atoms with Gasteiger partial charge in [0.15, 0.2) is 0 Å². The highest BCUT2D eigenvalue weighted by molar-refractivity contribution is 14.1. The summed E-state index contributed by atoms with van der Waals surface area (Å²) < 4.78 is 0.909. The maximum Gasteiger partial charge on any atom is 0.367 e. The molecule has 0 radical (unpaired) electrons. The molecule has 0 amide bonds. The van der Waals surface area contributed by atoms with E-state index in [-0.39, 0.29) is 11.3 Å². The molecule has 10 heteroatoms. The number of halogens is 1. The van der Waals surface area contributed by atoms with Crippen molar-refractivity contribution < 1.29 is 25.0 Å². The van der Waals surface area contributed by atoms with E-state index in [2.05, 4.69) is 10.0 Å². The third kappa shape index (κ3) is 2.95. The molecule has 3 N–H and O–H groups in total. The average molecular weight is 402 g/mol. The second kappa shape index (κ2) is 5.81. The van der Waals surface area contributed by atoms with Gasteiger partial charge in [0.25, 0.3) is 0 Å². The van der Waals surface area contributed by atoms with Gasteiger partial charge < -0.3 is 20.2 Å². The SMILES string of the molecule is [N-]=[N+]=Nc1cc(O)c(C(=O)On2c(O)ccc2O)cc1I. The monoisotopic (exact) mass is 402 g/mol. The van der Waals surface area contributed by atoms with Crippen LogP contribution in [0.4, 0.5) is 5.69 Å². The number of azide groups is 1. The van der Waals surface area contributed by atoms with Crippen LogP contribution in [0.3, 0.4) is 0 Å². The number of nitrogens with zero attached hydrogens (tertiary/aromatic N) is 4. The van der Waals surface area contributed by atoms with Crippen LogP contribution in [0.15, 0.2) is 29.4 Å². The summed E-state index contributed by atoms with van der Waals surface area (Å²) in [4.78, 5) is 19.3. The van der Waals surface area contributed by atoms with Gasteiger partial charge in [-0.1, -0.05) is 5.11 Å². The maximum atomic E-state index is 11.9. The van der Waals surface area contributed by atoms with Gasteiger partial charge in [-0.25, -0.2) is 4.79 Å². The van der Waals surface area contributed by atoms with E-state index in [0.29, 0.717) is 8.30 Å². The van der Waals surface area contributed by atoms with E-state index in [1.807, 2.05) is 22.6 Å². The van der Waals surface area contributed by atoms with Gasteiger partial charge in [0.1, 0.15) is 11.3 Å². The van der Waals surface area contributed by atoms with Crippen molar-refractivity contribution in [2.45, 2.75) is 0 Å². The molecule has 21 heavy (non-hydrogen) atoms. The van der Waals surface area contributed by atoms with Gasteiger partial charge in [-0.15, -0.1) is 4.73 Å².